The van der Waals surface area contributed by atoms with Gasteiger partial charge in [0.25, 0.3) is 0 Å². The minimum atomic E-state index is -0.499. The van der Waals surface area contributed by atoms with Gasteiger partial charge in [-0.1, -0.05) is 206 Å². The first-order valence-corrected chi connectivity index (χ1v) is 21.7. The Kier molecular flexibility index (Phi) is 8.61. The number of hydrogen-bond donors (Lipinski definition) is 0. The number of pyridine rings is 1. The van der Waals surface area contributed by atoms with Gasteiger partial charge in [-0.05, 0) is 63.2 Å². The van der Waals surface area contributed by atoms with Crippen LogP contribution in [0.4, 0.5) is 0 Å². The van der Waals surface area contributed by atoms with Crippen LogP contribution >= 0.6 is 11.8 Å². The lowest BCUT2D eigenvalue weighted by Gasteiger charge is -2.39. The highest BCUT2D eigenvalue weighted by Gasteiger charge is 2.50. The molecule has 10 aromatic rings. The second-order valence-corrected chi connectivity index (χ2v) is 16.8. The Morgan fingerprint density at radius 1 is 0.290 bits per heavy atom. The van der Waals surface area contributed by atoms with E-state index in [0.717, 1.165) is 50.3 Å². The van der Waals surface area contributed by atoms with Crippen LogP contribution in [0, 0.1) is 0 Å². The van der Waals surface area contributed by atoms with E-state index >= 15 is 0 Å². The molecule has 2 aliphatic rings. The fourth-order valence-corrected chi connectivity index (χ4v) is 10.6. The Hall–Kier alpha value is -7.73. The molecule has 1 spiro atoms. The molecule has 1 aliphatic carbocycles. The van der Waals surface area contributed by atoms with Gasteiger partial charge < -0.3 is 0 Å². The van der Waals surface area contributed by atoms with Crippen molar-refractivity contribution in [3.63, 3.8) is 0 Å². The smallest absolute Gasteiger partial charge is 0.164 e. The van der Waals surface area contributed by atoms with Crippen molar-refractivity contribution >= 4 is 11.8 Å². The van der Waals surface area contributed by atoms with Crippen LogP contribution in [0.15, 0.2) is 228 Å². The summed E-state index contributed by atoms with van der Waals surface area (Å²) in [5.74, 6) is 1.88. The first-order valence-electron chi connectivity index (χ1n) is 20.9. The third kappa shape index (κ3) is 5.85. The molecule has 0 bridgehead atoms. The predicted octanol–water partition coefficient (Wildman–Crippen LogP) is 14.1. The molecule has 2 aromatic heterocycles. The van der Waals surface area contributed by atoms with Crippen molar-refractivity contribution in [1.29, 1.82) is 0 Å². The van der Waals surface area contributed by atoms with E-state index in [9.17, 15) is 0 Å². The fourth-order valence-electron chi connectivity index (χ4n) is 9.42. The van der Waals surface area contributed by atoms with Crippen molar-refractivity contribution < 1.29 is 0 Å². The molecule has 62 heavy (non-hydrogen) atoms. The molecule has 0 N–H and O–H groups in total. The van der Waals surface area contributed by atoms with Gasteiger partial charge in [-0.2, -0.15) is 0 Å². The second-order valence-electron chi connectivity index (χ2n) is 15.7. The molecular weight excluding hydrogens is 773 g/mol. The van der Waals surface area contributed by atoms with Gasteiger partial charge in [0.2, 0.25) is 0 Å². The summed E-state index contributed by atoms with van der Waals surface area (Å²) in [6.45, 7) is 0. The molecule has 0 unspecified atom stereocenters. The molecule has 290 valence electrons. The van der Waals surface area contributed by atoms with E-state index in [1.807, 2.05) is 42.1 Å². The highest BCUT2D eigenvalue weighted by Crippen LogP contribution is 2.62. The van der Waals surface area contributed by atoms with Gasteiger partial charge in [0.1, 0.15) is 0 Å². The van der Waals surface area contributed by atoms with Crippen LogP contribution in [0.5, 0.6) is 0 Å². The molecule has 0 saturated heterocycles. The van der Waals surface area contributed by atoms with Gasteiger partial charge in [-0.3, -0.25) is 0 Å². The highest BCUT2D eigenvalue weighted by atomic mass is 32.2. The van der Waals surface area contributed by atoms with Gasteiger partial charge in [0.05, 0.1) is 16.8 Å². The molecule has 8 aromatic carbocycles. The van der Waals surface area contributed by atoms with Gasteiger partial charge >= 0.3 is 0 Å². The van der Waals surface area contributed by atoms with Gasteiger partial charge in [-0.15, -0.1) is 0 Å². The number of aromatic nitrogens is 4. The molecule has 1 aliphatic heterocycles. The SMILES string of the molecule is c1ccc(-c2ccc(-c3ccc(-c4nc(-c5ccccc5)nc(-c5ccc6c(c5)C5(c7ccccc7Sc7ccccc75)c5ccccc5-6)n4)cc3)c(-c3ccccc3)n2)cc1. The van der Waals surface area contributed by atoms with E-state index in [0.29, 0.717) is 17.5 Å². The summed E-state index contributed by atoms with van der Waals surface area (Å²) in [4.78, 5) is 23.4. The van der Waals surface area contributed by atoms with Crippen molar-refractivity contribution in [2.24, 2.45) is 0 Å². The van der Waals surface area contributed by atoms with Crippen LogP contribution in [0.1, 0.15) is 22.3 Å². The number of fused-ring (bicyclic) bond motifs is 9. The molecule has 0 fully saturated rings. The maximum atomic E-state index is 5.27. The summed E-state index contributed by atoms with van der Waals surface area (Å²) < 4.78 is 0. The Balaban J connectivity index is 1.00. The van der Waals surface area contributed by atoms with E-state index in [-0.39, 0.29) is 0 Å². The van der Waals surface area contributed by atoms with Crippen LogP contribution in [0.2, 0.25) is 0 Å². The average molecular weight is 809 g/mol. The molecule has 0 amide bonds. The van der Waals surface area contributed by atoms with Crippen molar-refractivity contribution in [2.45, 2.75) is 15.2 Å². The number of rotatable bonds is 6. The number of hydrogen-bond acceptors (Lipinski definition) is 5. The van der Waals surface area contributed by atoms with Crippen LogP contribution in [0.25, 0.3) is 78.9 Å². The van der Waals surface area contributed by atoms with E-state index in [2.05, 4.69) is 188 Å². The normalized spacial score (nSPS) is 12.9. The predicted molar refractivity (Wildman–Crippen MR) is 252 cm³/mol. The molecule has 5 heteroatoms. The molecule has 0 saturated carbocycles. The van der Waals surface area contributed by atoms with E-state index < -0.39 is 5.41 Å². The lowest BCUT2D eigenvalue weighted by atomic mass is 9.67. The van der Waals surface area contributed by atoms with E-state index in [1.54, 1.807) is 0 Å². The lowest BCUT2D eigenvalue weighted by Crippen LogP contribution is -2.31. The molecule has 12 rings (SSSR count). The van der Waals surface area contributed by atoms with Gasteiger partial charge in [0, 0.05) is 43.2 Å². The van der Waals surface area contributed by atoms with Crippen LogP contribution < -0.4 is 0 Å². The fraction of sp³-hybridized carbons (Fsp3) is 0.0175. The second kappa shape index (κ2) is 14.8. The largest absolute Gasteiger partial charge is 0.247 e. The lowest BCUT2D eigenvalue weighted by molar-refractivity contribution is 0.722. The topological polar surface area (TPSA) is 51.6 Å². The van der Waals surface area contributed by atoms with Crippen molar-refractivity contribution in [3.05, 3.63) is 241 Å². The summed E-state index contributed by atoms with van der Waals surface area (Å²) in [6, 6.07) is 77.3. The Morgan fingerprint density at radius 3 is 1.39 bits per heavy atom. The van der Waals surface area contributed by atoms with Crippen LogP contribution in [-0.2, 0) is 5.41 Å². The van der Waals surface area contributed by atoms with Gasteiger partial charge in [-0.25, -0.2) is 19.9 Å². The maximum Gasteiger partial charge on any atom is 0.164 e. The summed E-state index contributed by atoms with van der Waals surface area (Å²) in [5.41, 5.74) is 16.1. The molecular formula is C57H36N4S. The summed E-state index contributed by atoms with van der Waals surface area (Å²) in [6.07, 6.45) is 0. The van der Waals surface area contributed by atoms with Crippen molar-refractivity contribution in [3.8, 4) is 78.9 Å². The first kappa shape index (κ1) is 36.1. The third-order valence-electron chi connectivity index (χ3n) is 12.2. The zero-order chi connectivity index (χ0) is 41.0. The monoisotopic (exact) mass is 808 g/mol. The molecule has 3 heterocycles. The quantitative estimate of drug-likeness (QED) is 0.167. The first-order chi connectivity index (χ1) is 30.7. The van der Waals surface area contributed by atoms with Crippen molar-refractivity contribution in [1.82, 2.24) is 19.9 Å². The third-order valence-corrected chi connectivity index (χ3v) is 13.4. The summed E-state index contributed by atoms with van der Waals surface area (Å²) >= 11 is 1.85. The van der Waals surface area contributed by atoms with Crippen LogP contribution in [-0.4, -0.2) is 19.9 Å². The zero-order valence-electron chi connectivity index (χ0n) is 33.5. The van der Waals surface area contributed by atoms with E-state index in [4.69, 9.17) is 19.9 Å². The molecule has 4 nitrogen and oxygen atoms in total. The van der Waals surface area contributed by atoms with E-state index in [1.165, 1.54) is 43.2 Å². The Morgan fingerprint density at radius 2 is 0.742 bits per heavy atom. The van der Waals surface area contributed by atoms with Crippen molar-refractivity contribution in [2.75, 3.05) is 0 Å². The summed E-state index contributed by atoms with van der Waals surface area (Å²) in [5, 5.41) is 0. The minimum Gasteiger partial charge on any atom is -0.247 e. The van der Waals surface area contributed by atoms with Gasteiger partial charge in [0.15, 0.2) is 17.5 Å². The minimum absolute atomic E-state index is 0.499. The van der Waals surface area contributed by atoms with Crippen LogP contribution in [0.3, 0.4) is 0 Å². The molecule has 0 radical (unpaired) electrons. The Bertz CT molecular complexity index is 3270. The number of benzene rings is 8. The summed E-state index contributed by atoms with van der Waals surface area (Å²) in [7, 11) is 0. The molecule has 0 atom stereocenters. The standard InChI is InChI=1S/C57H36N4S/c1-4-16-38(17-5-1)50-35-34-43(53(58-50)39-18-6-2-7-19-39)37-28-30-41(31-29-37)55-59-54(40-20-8-3-9-21-40)60-56(61-55)42-32-33-45-44-22-10-11-23-46(44)57(49(45)36-42)47-24-12-14-26-51(47)62-52-27-15-13-25-48(52)57/h1-36H. The Labute approximate surface area is 364 Å². The number of nitrogens with zero attached hydrogens (tertiary/aromatic N) is 4. The average Bonchev–Trinajstić information content (AvgIpc) is 3.64. The maximum absolute atomic E-state index is 5.27. The zero-order valence-corrected chi connectivity index (χ0v) is 34.3. The highest BCUT2D eigenvalue weighted by molar-refractivity contribution is 7.99.